The Labute approximate surface area is 123 Å². The SMILES string of the molecule is CCNC(=O)c1ccc([N+](=O)[O-])c(N2CCC(N)CC2)c1. The van der Waals surface area contributed by atoms with Crippen LogP contribution < -0.4 is 16.0 Å². The summed E-state index contributed by atoms with van der Waals surface area (Å²) in [6.45, 7) is 3.68. The molecule has 1 amide bonds. The number of carbonyl (C=O) groups is 1. The van der Waals surface area contributed by atoms with Crippen LogP contribution in [0.1, 0.15) is 30.1 Å². The predicted octanol–water partition coefficient (Wildman–Crippen LogP) is 1.27. The van der Waals surface area contributed by atoms with E-state index in [-0.39, 0.29) is 17.6 Å². The van der Waals surface area contributed by atoms with E-state index in [2.05, 4.69) is 5.32 Å². The molecule has 0 atom stereocenters. The summed E-state index contributed by atoms with van der Waals surface area (Å²) in [7, 11) is 0. The van der Waals surface area contributed by atoms with Gasteiger partial charge >= 0.3 is 0 Å². The van der Waals surface area contributed by atoms with E-state index >= 15 is 0 Å². The van der Waals surface area contributed by atoms with Gasteiger partial charge in [-0.25, -0.2) is 0 Å². The molecule has 1 aromatic rings. The zero-order valence-electron chi connectivity index (χ0n) is 12.0. The van der Waals surface area contributed by atoms with E-state index in [0.717, 1.165) is 12.8 Å². The molecule has 0 unspecified atom stereocenters. The summed E-state index contributed by atoms with van der Waals surface area (Å²) in [5.74, 6) is -0.220. The number of rotatable bonds is 4. The maximum absolute atomic E-state index is 11.9. The Hall–Kier alpha value is -2.15. The maximum Gasteiger partial charge on any atom is 0.292 e. The van der Waals surface area contributed by atoms with Gasteiger partial charge in [0.25, 0.3) is 11.6 Å². The molecule has 0 radical (unpaired) electrons. The Morgan fingerprint density at radius 3 is 2.71 bits per heavy atom. The van der Waals surface area contributed by atoms with Crippen molar-refractivity contribution in [3.8, 4) is 0 Å². The third-order valence-corrected chi connectivity index (χ3v) is 3.65. The third-order valence-electron chi connectivity index (χ3n) is 3.65. The number of nitro groups is 1. The lowest BCUT2D eigenvalue weighted by atomic mass is 10.0. The van der Waals surface area contributed by atoms with Crippen molar-refractivity contribution in [1.82, 2.24) is 5.32 Å². The highest BCUT2D eigenvalue weighted by molar-refractivity contribution is 5.96. The van der Waals surface area contributed by atoms with Gasteiger partial charge in [0.15, 0.2) is 0 Å². The van der Waals surface area contributed by atoms with Gasteiger partial charge in [0.05, 0.1) is 4.92 Å². The van der Waals surface area contributed by atoms with E-state index in [1.54, 1.807) is 6.07 Å². The molecule has 1 aliphatic rings. The van der Waals surface area contributed by atoms with Crippen molar-refractivity contribution in [3.05, 3.63) is 33.9 Å². The van der Waals surface area contributed by atoms with Crippen LogP contribution in [0, 0.1) is 10.1 Å². The molecule has 1 fully saturated rings. The largest absolute Gasteiger partial charge is 0.366 e. The van der Waals surface area contributed by atoms with E-state index in [4.69, 9.17) is 5.73 Å². The summed E-state index contributed by atoms with van der Waals surface area (Å²) >= 11 is 0. The second-order valence-corrected chi connectivity index (χ2v) is 5.14. The summed E-state index contributed by atoms with van der Waals surface area (Å²) in [6.07, 6.45) is 1.59. The van der Waals surface area contributed by atoms with Crippen LogP contribution in [0.3, 0.4) is 0 Å². The van der Waals surface area contributed by atoms with Crippen molar-refractivity contribution < 1.29 is 9.72 Å². The van der Waals surface area contributed by atoms with Crippen LogP contribution in [0.2, 0.25) is 0 Å². The topological polar surface area (TPSA) is 101 Å². The summed E-state index contributed by atoms with van der Waals surface area (Å²) in [4.78, 5) is 24.6. The Bertz CT molecular complexity index is 539. The standard InChI is InChI=1S/C14H20N4O3/c1-2-16-14(19)10-3-4-12(18(20)21)13(9-10)17-7-5-11(15)6-8-17/h3-4,9,11H,2,5-8,15H2,1H3,(H,16,19). The summed E-state index contributed by atoms with van der Waals surface area (Å²) in [6, 6.07) is 4.63. The molecule has 1 heterocycles. The molecule has 0 saturated carbocycles. The van der Waals surface area contributed by atoms with E-state index in [1.807, 2.05) is 11.8 Å². The summed E-state index contributed by atoms with van der Waals surface area (Å²) in [5.41, 5.74) is 6.83. The number of piperidine rings is 1. The zero-order valence-corrected chi connectivity index (χ0v) is 12.0. The summed E-state index contributed by atoms with van der Waals surface area (Å²) < 4.78 is 0. The van der Waals surface area contributed by atoms with Crippen molar-refractivity contribution in [2.45, 2.75) is 25.8 Å². The first-order valence-electron chi connectivity index (χ1n) is 7.10. The maximum atomic E-state index is 11.9. The molecule has 1 aromatic carbocycles. The van der Waals surface area contributed by atoms with Crippen molar-refractivity contribution in [2.24, 2.45) is 5.73 Å². The van der Waals surface area contributed by atoms with Crippen LogP contribution in [-0.4, -0.2) is 36.5 Å². The van der Waals surface area contributed by atoms with Gasteiger partial charge in [0, 0.05) is 37.3 Å². The average Bonchev–Trinajstić information content (AvgIpc) is 2.47. The Kier molecular flexibility index (Phi) is 4.74. The number of anilines is 1. The minimum absolute atomic E-state index is 0.0264. The number of nitrogens with one attached hydrogen (secondary N) is 1. The quantitative estimate of drug-likeness (QED) is 0.643. The first-order valence-corrected chi connectivity index (χ1v) is 7.10. The number of nitro benzene ring substituents is 1. The average molecular weight is 292 g/mol. The van der Waals surface area contributed by atoms with Gasteiger partial charge in [-0.1, -0.05) is 0 Å². The van der Waals surface area contributed by atoms with Gasteiger partial charge in [0.1, 0.15) is 5.69 Å². The van der Waals surface area contributed by atoms with Crippen LogP contribution in [-0.2, 0) is 0 Å². The van der Waals surface area contributed by atoms with Crippen LogP contribution in [0.15, 0.2) is 18.2 Å². The highest BCUT2D eigenvalue weighted by Gasteiger charge is 2.24. The van der Waals surface area contributed by atoms with E-state index < -0.39 is 4.92 Å². The van der Waals surface area contributed by atoms with Gasteiger partial charge < -0.3 is 16.0 Å². The molecule has 1 saturated heterocycles. The predicted molar refractivity (Wildman–Crippen MR) is 80.5 cm³/mol. The minimum Gasteiger partial charge on any atom is -0.366 e. The highest BCUT2D eigenvalue weighted by atomic mass is 16.6. The lowest BCUT2D eigenvalue weighted by Crippen LogP contribution is -2.40. The number of hydrogen-bond donors (Lipinski definition) is 2. The summed E-state index contributed by atoms with van der Waals surface area (Å²) in [5, 5.41) is 13.9. The Morgan fingerprint density at radius 1 is 1.48 bits per heavy atom. The molecule has 0 bridgehead atoms. The fraction of sp³-hybridized carbons (Fsp3) is 0.500. The molecular formula is C14H20N4O3. The van der Waals surface area contributed by atoms with Crippen LogP contribution in [0.4, 0.5) is 11.4 Å². The Morgan fingerprint density at radius 2 is 2.14 bits per heavy atom. The van der Waals surface area contributed by atoms with Crippen LogP contribution in [0.25, 0.3) is 0 Å². The number of benzene rings is 1. The van der Waals surface area contributed by atoms with Gasteiger partial charge in [-0.15, -0.1) is 0 Å². The zero-order chi connectivity index (χ0) is 15.4. The van der Waals surface area contributed by atoms with Crippen LogP contribution in [0.5, 0.6) is 0 Å². The molecule has 7 heteroatoms. The van der Waals surface area contributed by atoms with Crippen molar-refractivity contribution >= 4 is 17.3 Å². The van der Waals surface area contributed by atoms with Gasteiger partial charge in [-0.05, 0) is 31.9 Å². The van der Waals surface area contributed by atoms with E-state index in [0.29, 0.717) is 30.9 Å². The van der Waals surface area contributed by atoms with Crippen molar-refractivity contribution in [1.29, 1.82) is 0 Å². The van der Waals surface area contributed by atoms with Gasteiger partial charge in [0.2, 0.25) is 0 Å². The molecule has 0 aromatic heterocycles. The van der Waals surface area contributed by atoms with Crippen molar-refractivity contribution in [2.75, 3.05) is 24.5 Å². The minimum atomic E-state index is -0.411. The lowest BCUT2D eigenvalue weighted by molar-refractivity contribution is -0.384. The van der Waals surface area contributed by atoms with E-state index in [1.165, 1.54) is 12.1 Å². The molecular weight excluding hydrogens is 272 g/mol. The van der Waals surface area contributed by atoms with Gasteiger partial charge in [-0.2, -0.15) is 0 Å². The molecule has 7 nitrogen and oxygen atoms in total. The molecule has 0 spiro atoms. The smallest absolute Gasteiger partial charge is 0.292 e. The van der Waals surface area contributed by atoms with Crippen LogP contribution >= 0.6 is 0 Å². The fourth-order valence-electron chi connectivity index (χ4n) is 2.48. The monoisotopic (exact) mass is 292 g/mol. The number of hydrogen-bond acceptors (Lipinski definition) is 5. The normalized spacial score (nSPS) is 15.8. The van der Waals surface area contributed by atoms with Crippen molar-refractivity contribution in [3.63, 3.8) is 0 Å². The highest BCUT2D eigenvalue weighted by Crippen LogP contribution is 2.31. The molecule has 1 aliphatic heterocycles. The number of amides is 1. The first kappa shape index (κ1) is 15.2. The van der Waals surface area contributed by atoms with E-state index in [9.17, 15) is 14.9 Å². The number of nitrogens with two attached hydrogens (primary N) is 1. The molecule has 2 rings (SSSR count). The molecule has 0 aliphatic carbocycles. The molecule has 3 N–H and O–H groups in total. The lowest BCUT2D eigenvalue weighted by Gasteiger charge is -2.31. The number of carbonyl (C=O) groups excluding carboxylic acids is 1. The third kappa shape index (κ3) is 3.49. The molecule has 21 heavy (non-hydrogen) atoms. The molecule has 114 valence electrons. The number of nitrogens with zero attached hydrogens (tertiary/aromatic N) is 2. The second kappa shape index (κ2) is 6.53. The Balaban J connectivity index is 2.33. The fourth-order valence-corrected chi connectivity index (χ4v) is 2.48. The second-order valence-electron chi connectivity index (χ2n) is 5.14. The van der Waals surface area contributed by atoms with Gasteiger partial charge in [-0.3, -0.25) is 14.9 Å². The first-order chi connectivity index (χ1) is 10.0.